The van der Waals surface area contributed by atoms with Crippen LogP contribution in [0, 0.1) is 5.82 Å². The fraction of sp³-hybridized carbons (Fsp3) is 0.217. The molecule has 2 N–H and O–H groups in total. The third kappa shape index (κ3) is 4.44. The lowest BCUT2D eigenvalue weighted by atomic mass is 10.2. The van der Waals surface area contributed by atoms with Crippen molar-refractivity contribution in [2.45, 2.75) is 6.54 Å². The maximum atomic E-state index is 14.4. The first-order valence-electron chi connectivity index (χ1n) is 10.4. The Kier molecular flexibility index (Phi) is 6.51. The minimum absolute atomic E-state index is 0.0239. The van der Waals surface area contributed by atoms with Crippen LogP contribution < -0.4 is 21.9 Å². The Morgan fingerprint density at radius 1 is 1.03 bits per heavy atom. The molecule has 0 spiro atoms. The second-order valence-electron chi connectivity index (χ2n) is 7.68. The van der Waals surface area contributed by atoms with Crippen LogP contribution in [-0.2, 0) is 20.6 Å². The maximum absolute atomic E-state index is 14.4. The van der Waals surface area contributed by atoms with Crippen molar-refractivity contribution in [3.63, 3.8) is 0 Å². The Morgan fingerprint density at radius 2 is 1.74 bits per heavy atom. The number of halogens is 2. The smallest absolute Gasteiger partial charge is 0.332 e. The zero-order valence-corrected chi connectivity index (χ0v) is 19.3. The third-order valence-corrected chi connectivity index (χ3v) is 5.69. The Labute approximate surface area is 198 Å². The summed E-state index contributed by atoms with van der Waals surface area (Å²) in [6.07, 6.45) is 0. The number of rotatable bonds is 7. The number of carbonyl (C=O) groups excluding carboxylic acids is 1. The number of hydrogen-bond donors (Lipinski definition) is 2. The third-order valence-electron chi connectivity index (χ3n) is 5.43. The number of nitrogens with one attached hydrogen (secondary N) is 2. The van der Waals surface area contributed by atoms with E-state index in [4.69, 9.17) is 11.6 Å². The summed E-state index contributed by atoms with van der Waals surface area (Å²) in [7, 11) is 2.89. The topological polar surface area (TPSA) is 103 Å². The second-order valence-corrected chi connectivity index (χ2v) is 8.12. The quantitative estimate of drug-likeness (QED) is 0.391. The Balaban J connectivity index is 1.61. The van der Waals surface area contributed by atoms with E-state index in [1.165, 1.54) is 29.3 Å². The van der Waals surface area contributed by atoms with Gasteiger partial charge >= 0.3 is 5.69 Å². The first-order chi connectivity index (χ1) is 16.3. The van der Waals surface area contributed by atoms with Crippen LogP contribution in [0.2, 0.25) is 5.02 Å². The van der Waals surface area contributed by atoms with Crippen LogP contribution in [0.4, 0.5) is 10.3 Å². The number of aromatic nitrogens is 4. The van der Waals surface area contributed by atoms with E-state index in [-0.39, 0.29) is 42.7 Å². The molecule has 1 amide bonds. The van der Waals surface area contributed by atoms with Crippen LogP contribution in [-0.4, -0.2) is 37.7 Å². The molecule has 34 heavy (non-hydrogen) atoms. The number of amides is 1. The number of hydrogen-bond acceptors (Lipinski definition) is 5. The Morgan fingerprint density at radius 3 is 2.44 bits per heavy atom. The zero-order chi connectivity index (χ0) is 24.4. The van der Waals surface area contributed by atoms with Gasteiger partial charge in [-0.25, -0.2) is 9.18 Å². The summed E-state index contributed by atoms with van der Waals surface area (Å²) < 4.78 is 18.2. The molecule has 9 nitrogen and oxygen atoms in total. The standard InChI is InChI=1S/C23H22ClFN6O3/c1-29-19-18(21(33)30(2)23(29)34)31(13-15-5-3-4-6-17(15)25)22(28-19)27-12-11-26-20(32)14-7-9-16(24)10-8-14/h3-10H,11-13H2,1-2H3,(H,26,32)(H,27,28). The van der Waals surface area contributed by atoms with E-state index < -0.39 is 17.1 Å². The highest BCUT2D eigenvalue weighted by atomic mass is 35.5. The van der Waals surface area contributed by atoms with E-state index in [9.17, 15) is 18.8 Å². The number of anilines is 1. The second kappa shape index (κ2) is 9.52. The first-order valence-corrected chi connectivity index (χ1v) is 10.8. The molecular formula is C23H22ClFN6O3. The Bertz CT molecular complexity index is 1490. The van der Waals surface area contributed by atoms with Gasteiger partial charge in [0, 0.05) is 43.3 Å². The van der Waals surface area contributed by atoms with E-state index in [0.29, 0.717) is 16.1 Å². The summed E-state index contributed by atoms with van der Waals surface area (Å²) in [4.78, 5) is 42.0. The molecule has 0 saturated heterocycles. The van der Waals surface area contributed by atoms with Gasteiger partial charge in [0.25, 0.3) is 11.5 Å². The van der Waals surface area contributed by atoms with Crippen molar-refractivity contribution in [3.8, 4) is 0 Å². The van der Waals surface area contributed by atoms with Crippen molar-refractivity contribution >= 4 is 34.6 Å². The van der Waals surface area contributed by atoms with Crippen LogP contribution in [0.3, 0.4) is 0 Å². The van der Waals surface area contributed by atoms with Gasteiger partial charge in [0.15, 0.2) is 11.2 Å². The number of imidazole rings is 1. The van der Waals surface area contributed by atoms with Crippen molar-refractivity contribution in [2.24, 2.45) is 14.1 Å². The average Bonchev–Trinajstić information content (AvgIpc) is 3.19. The minimum Gasteiger partial charge on any atom is -0.354 e. The van der Waals surface area contributed by atoms with Crippen LogP contribution in [0.5, 0.6) is 0 Å². The molecule has 2 aromatic carbocycles. The molecule has 0 aliphatic rings. The van der Waals surface area contributed by atoms with Crippen LogP contribution >= 0.6 is 11.6 Å². The fourth-order valence-electron chi connectivity index (χ4n) is 3.59. The number of nitrogens with zero attached hydrogens (tertiary/aromatic N) is 4. The highest BCUT2D eigenvalue weighted by Crippen LogP contribution is 2.19. The highest BCUT2D eigenvalue weighted by molar-refractivity contribution is 6.30. The molecular weight excluding hydrogens is 463 g/mol. The molecule has 0 bridgehead atoms. The lowest BCUT2D eigenvalue weighted by Crippen LogP contribution is -2.37. The fourth-order valence-corrected chi connectivity index (χ4v) is 3.71. The lowest BCUT2D eigenvalue weighted by Gasteiger charge is -2.12. The molecule has 0 aliphatic carbocycles. The lowest BCUT2D eigenvalue weighted by molar-refractivity contribution is 0.0955. The van der Waals surface area contributed by atoms with E-state index in [2.05, 4.69) is 15.6 Å². The normalized spacial score (nSPS) is 11.1. The molecule has 0 saturated carbocycles. The number of fused-ring (bicyclic) bond motifs is 1. The zero-order valence-electron chi connectivity index (χ0n) is 18.5. The Hall–Kier alpha value is -3.92. The van der Waals surface area contributed by atoms with Crippen molar-refractivity contribution in [1.82, 2.24) is 24.0 Å². The molecule has 2 heterocycles. The molecule has 0 atom stereocenters. The van der Waals surface area contributed by atoms with E-state index in [1.54, 1.807) is 42.5 Å². The number of carbonyl (C=O) groups is 1. The van der Waals surface area contributed by atoms with Gasteiger partial charge in [0.05, 0.1) is 6.54 Å². The molecule has 176 valence electrons. The van der Waals surface area contributed by atoms with Gasteiger partial charge < -0.3 is 10.6 Å². The highest BCUT2D eigenvalue weighted by Gasteiger charge is 2.20. The number of benzene rings is 2. The summed E-state index contributed by atoms with van der Waals surface area (Å²) in [5, 5.41) is 6.40. The summed E-state index contributed by atoms with van der Waals surface area (Å²) in [6, 6.07) is 12.7. The van der Waals surface area contributed by atoms with Gasteiger partial charge in [-0.2, -0.15) is 4.98 Å². The van der Waals surface area contributed by atoms with Gasteiger partial charge in [0.1, 0.15) is 5.82 Å². The molecule has 2 aromatic heterocycles. The van der Waals surface area contributed by atoms with Crippen molar-refractivity contribution in [1.29, 1.82) is 0 Å². The molecule has 0 aliphatic heterocycles. The van der Waals surface area contributed by atoms with Gasteiger partial charge in [-0.1, -0.05) is 29.8 Å². The van der Waals surface area contributed by atoms with Crippen molar-refractivity contribution < 1.29 is 9.18 Å². The average molecular weight is 485 g/mol. The van der Waals surface area contributed by atoms with E-state index in [0.717, 1.165) is 4.57 Å². The summed E-state index contributed by atoms with van der Waals surface area (Å²) in [6.45, 7) is 0.547. The van der Waals surface area contributed by atoms with Crippen molar-refractivity contribution in [3.05, 3.63) is 91.3 Å². The predicted octanol–water partition coefficient (Wildman–Crippen LogP) is 2.12. The summed E-state index contributed by atoms with van der Waals surface area (Å²) in [5.41, 5.74) is 0.116. The van der Waals surface area contributed by atoms with E-state index >= 15 is 0 Å². The monoisotopic (exact) mass is 484 g/mol. The number of aryl methyl sites for hydroxylation is 1. The summed E-state index contributed by atoms with van der Waals surface area (Å²) >= 11 is 5.85. The van der Waals surface area contributed by atoms with Gasteiger partial charge in [-0.15, -0.1) is 0 Å². The SMILES string of the molecule is Cn1c(=O)c2c(nc(NCCNC(=O)c3ccc(Cl)cc3)n2Cc2ccccc2F)n(C)c1=O. The molecule has 4 rings (SSSR count). The molecule has 4 aromatic rings. The van der Waals surface area contributed by atoms with Gasteiger partial charge in [-0.05, 0) is 30.3 Å². The summed E-state index contributed by atoms with van der Waals surface area (Å²) in [5.74, 6) is -0.418. The molecule has 11 heteroatoms. The van der Waals surface area contributed by atoms with Gasteiger partial charge in [0.2, 0.25) is 5.95 Å². The van der Waals surface area contributed by atoms with Crippen LogP contribution in [0.15, 0.2) is 58.1 Å². The first kappa shape index (κ1) is 23.2. The molecule has 0 unspecified atom stereocenters. The van der Waals surface area contributed by atoms with Gasteiger partial charge in [-0.3, -0.25) is 23.3 Å². The molecule has 0 fully saturated rings. The maximum Gasteiger partial charge on any atom is 0.332 e. The van der Waals surface area contributed by atoms with E-state index in [1.807, 2.05) is 0 Å². The van der Waals surface area contributed by atoms with Crippen molar-refractivity contribution in [2.75, 3.05) is 18.4 Å². The van der Waals surface area contributed by atoms with Crippen LogP contribution in [0.1, 0.15) is 15.9 Å². The van der Waals surface area contributed by atoms with Crippen LogP contribution in [0.25, 0.3) is 11.2 Å². The predicted molar refractivity (Wildman–Crippen MR) is 128 cm³/mol. The minimum atomic E-state index is -0.536. The largest absolute Gasteiger partial charge is 0.354 e. The molecule has 0 radical (unpaired) electrons.